The summed E-state index contributed by atoms with van der Waals surface area (Å²) >= 11 is 1.62. The molecule has 7 aromatic rings. The van der Waals surface area contributed by atoms with Crippen LogP contribution in [0.25, 0.3) is 49.5 Å². The molecule has 0 N–H and O–H groups in total. The van der Waals surface area contributed by atoms with Crippen LogP contribution in [0.4, 0.5) is 0 Å². The van der Waals surface area contributed by atoms with Crippen molar-refractivity contribution in [1.82, 2.24) is 14.5 Å². The van der Waals surface area contributed by atoms with E-state index in [2.05, 4.69) is 109 Å². The predicted octanol–water partition coefficient (Wildman–Crippen LogP) is 12.2. The molecule has 0 fully saturated rings. The SMILES string of the molecule is [2H]C(C)(C)c1ccc2s[c-]c(-c3nc4ccccc4n3-c3c(C(C)C)cccc3C(C)C)c2c1.[2H]C([2H])([2H])c1c[c-]c(-c2ccc(C([2H])([2H])[2H])cn2)cc1.[Ir]. The van der Waals surface area contributed by atoms with Crippen LogP contribution in [0.1, 0.15) is 96.7 Å². The monoisotopic (exact) mass is 833 g/mol. The molecule has 247 valence electrons. The van der Waals surface area contributed by atoms with E-state index in [0.717, 1.165) is 33.4 Å². The van der Waals surface area contributed by atoms with Crippen LogP contribution in [0.15, 0.2) is 97.2 Å². The fourth-order valence-electron chi connectivity index (χ4n) is 5.78. The molecule has 0 aliphatic carbocycles. The number of imidazole rings is 1. The summed E-state index contributed by atoms with van der Waals surface area (Å²) in [5.74, 6) is 1.01. The predicted molar refractivity (Wildman–Crippen MR) is 201 cm³/mol. The molecule has 0 unspecified atom stereocenters. The van der Waals surface area contributed by atoms with E-state index in [1.165, 1.54) is 45.9 Å². The third-order valence-electron chi connectivity index (χ3n) is 8.29. The Morgan fingerprint density at radius 1 is 0.812 bits per heavy atom. The zero-order valence-electron chi connectivity index (χ0n) is 35.0. The molecule has 0 saturated heterocycles. The molecule has 1 radical (unpaired) electrons. The van der Waals surface area contributed by atoms with Crippen LogP contribution in [0.2, 0.25) is 0 Å². The average molecular weight is 833 g/mol. The topological polar surface area (TPSA) is 30.7 Å². The maximum Gasteiger partial charge on any atom is 0.0774 e. The summed E-state index contributed by atoms with van der Waals surface area (Å²) in [7, 11) is 0. The van der Waals surface area contributed by atoms with Crippen molar-refractivity contribution in [3.8, 4) is 28.3 Å². The fourth-order valence-corrected chi connectivity index (χ4v) is 6.60. The van der Waals surface area contributed by atoms with Gasteiger partial charge in [0.25, 0.3) is 0 Å². The molecule has 0 bridgehead atoms. The number of fused-ring (bicyclic) bond motifs is 2. The average Bonchev–Trinajstić information content (AvgIpc) is 3.71. The van der Waals surface area contributed by atoms with Crippen molar-refractivity contribution in [3.05, 3.63) is 136 Å². The molecule has 4 aromatic carbocycles. The molecular weight excluding hydrogens is 783 g/mol. The van der Waals surface area contributed by atoms with E-state index in [0.29, 0.717) is 23.1 Å². The standard InChI is InChI=1S/C30H31N2S.C13H12N.Ir/c1-18(2)21-14-15-28-24(16-21)25(17-33-28)30-31-26-12-7-8-13-27(26)32(30)29-22(19(3)4)10-9-11-23(29)20(5)6;1-10-3-6-12(7-4-10)13-8-5-11(2)9-14-13;/h7-16,18-20H,1-6H3;3-6,8-9H,1-2H3;/q2*-1;/i18D;1D3,2D3;. The van der Waals surface area contributed by atoms with Crippen molar-refractivity contribution in [2.45, 2.75) is 73.0 Å². The number of para-hydroxylation sites is 3. The molecule has 0 spiro atoms. The number of nitrogens with zero attached hydrogens (tertiary/aromatic N) is 3. The number of aryl methyl sites for hydroxylation is 2. The van der Waals surface area contributed by atoms with Gasteiger partial charge in [0, 0.05) is 41.6 Å². The molecule has 5 heteroatoms. The zero-order valence-corrected chi connectivity index (χ0v) is 31.2. The Kier molecular flexibility index (Phi) is 8.50. The number of aromatic nitrogens is 3. The number of pyridine rings is 1. The Hall–Kier alpha value is -3.89. The van der Waals surface area contributed by atoms with Crippen molar-refractivity contribution >= 4 is 32.5 Å². The van der Waals surface area contributed by atoms with E-state index in [-0.39, 0.29) is 31.2 Å². The number of benzene rings is 4. The summed E-state index contributed by atoms with van der Waals surface area (Å²) in [5, 5.41) is 4.69. The van der Waals surface area contributed by atoms with Crippen molar-refractivity contribution in [2.75, 3.05) is 0 Å². The summed E-state index contributed by atoms with van der Waals surface area (Å²) < 4.78 is 55.7. The number of hydrogen-bond acceptors (Lipinski definition) is 3. The van der Waals surface area contributed by atoms with Crippen molar-refractivity contribution < 1.29 is 29.7 Å². The third kappa shape index (κ3) is 7.24. The Morgan fingerprint density at radius 3 is 2.17 bits per heavy atom. The van der Waals surface area contributed by atoms with Crippen LogP contribution in [-0.4, -0.2) is 14.5 Å². The maximum absolute atomic E-state index is 8.56. The minimum Gasteiger partial charge on any atom is -0.333 e. The van der Waals surface area contributed by atoms with Crippen molar-refractivity contribution in [3.63, 3.8) is 0 Å². The minimum absolute atomic E-state index is 0. The zero-order chi connectivity index (χ0) is 39.2. The van der Waals surface area contributed by atoms with Gasteiger partial charge in [-0.2, -0.15) is 0 Å². The van der Waals surface area contributed by atoms with E-state index in [1.807, 2.05) is 13.8 Å². The van der Waals surface area contributed by atoms with E-state index in [9.17, 15) is 0 Å². The van der Waals surface area contributed by atoms with E-state index >= 15 is 0 Å². The molecule has 3 heterocycles. The van der Waals surface area contributed by atoms with Crippen LogP contribution in [-0.2, 0) is 20.1 Å². The van der Waals surface area contributed by atoms with Gasteiger partial charge in [-0.15, -0.1) is 46.8 Å². The van der Waals surface area contributed by atoms with Gasteiger partial charge in [-0.25, -0.2) is 0 Å². The Bertz CT molecular complexity index is 2320. The number of thiophene rings is 1. The van der Waals surface area contributed by atoms with Gasteiger partial charge < -0.3 is 9.55 Å². The number of hydrogen-bond donors (Lipinski definition) is 0. The van der Waals surface area contributed by atoms with Gasteiger partial charge >= 0.3 is 0 Å². The second-order valence-corrected chi connectivity index (χ2v) is 13.4. The smallest absolute Gasteiger partial charge is 0.0774 e. The first kappa shape index (κ1) is 27.0. The van der Waals surface area contributed by atoms with Gasteiger partial charge in [-0.3, -0.25) is 16.3 Å². The van der Waals surface area contributed by atoms with Gasteiger partial charge in [-0.1, -0.05) is 124 Å². The first-order chi connectivity index (χ1) is 25.3. The second-order valence-electron chi connectivity index (χ2n) is 12.6. The molecule has 0 saturated carbocycles. The van der Waals surface area contributed by atoms with Gasteiger partial charge in [0.15, 0.2) is 0 Å². The number of rotatable bonds is 6. The molecule has 3 nitrogen and oxygen atoms in total. The Morgan fingerprint density at radius 2 is 1.54 bits per heavy atom. The molecule has 0 aliphatic rings. The summed E-state index contributed by atoms with van der Waals surface area (Å²) in [4.78, 5) is 9.24. The van der Waals surface area contributed by atoms with Gasteiger partial charge in [0.05, 0.1) is 16.9 Å². The second kappa shape index (κ2) is 15.1. The van der Waals surface area contributed by atoms with Crippen LogP contribution in [0.3, 0.4) is 0 Å². The molecular formula is C43H43IrN3S-2. The maximum atomic E-state index is 8.56. The third-order valence-corrected chi connectivity index (χ3v) is 9.17. The first-order valence-electron chi connectivity index (χ1n) is 19.4. The van der Waals surface area contributed by atoms with Crippen LogP contribution >= 0.6 is 11.3 Å². The molecule has 0 aliphatic heterocycles. The molecule has 3 aromatic heterocycles. The fraction of sp³-hybridized carbons (Fsp3) is 0.256. The minimum atomic E-state index is -2.18. The molecule has 0 atom stereocenters. The van der Waals surface area contributed by atoms with Gasteiger partial charge in [-0.05, 0) is 59.1 Å². The molecule has 7 rings (SSSR count). The molecule has 0 amide bonds. The summed E-state index contributed by atoms with van der Waals surface area (Å²) in [5.41, 5.74) is 9.53. The first-order valence-corrected chi connectivity index (χ1v) is 16.7. The Labute approximate surface area is 313 Å². The normalized spacial score (nSPS) is 14.2. The van der Waals surface area contributed by atoms with E-state index < -0.39 is 19.6 Å². The van der Waals surface area contributed by atoms with Crippen molar-refractivity contribution in [2.24, 2.45) is 0 Å². The van der Waals surface area contributed by atoms with Crippen LogP contribution in [0, 0.1) is 25.2 Å². The summed E-state index contributed by atoms with van der Waals surface area (Å²) in [6.45, 7) is 8.58. The van der Waals surface area contributed by atoms with Crippen LogP contribution < -0.4 is 0 Å². The Balaban J connectivity index is 0.000000237. The van der Waals surface area contributed by atoms with Crippen molar-refractivity contribution in [1.29, 1.82) is 0 Å². The van der Waals surface area contributed by atoms with Gasteiger partial charge in [0.1, 0.15) is 0 Å². The van der Waals surface area contributed by atoms with Crippen LogP contribution in [0.5, 0.6) is 0 Å². The summed E-state index contributed by atoms with van der Waals surface area (Å²) in [6.07, 6.45) is 1.30. The van der Waals surface area contributed by atoms with Gasteiger partial charge in [0.2, 0.25) is 0 Å². The molecule has 48 heavy (non-hydrogen) atoms. The largest absolute Gasteiger partial charge is 0.333 e. The summed E-state index contributed by atoms with van der Waals surface area (Å²) in [6, 6.07) is 31.9. The van der Waals surface area contributed by atoms with E-state index in [1.54, 1.807) is 23.5 Å². The quantitative estimate of drug-likeness (QED) is 0.156. The van der Waals surface area contributed by atoms with E-state index in [4.69, 9.17) is 14.6 Å².